The van der Waals surface area contributed by atoms with Crippen molar-refractivity contribution in [3.05, 3.63) is 76.2 Å². The number of hydrogen-bond acceptors (Lipinski definition) is 5. The van der Waals surface area contributed by atoms with Crippen LogP contribution in [-0.4, -0.2) is 15.1 Å². The molecule has 0 radical (unpaired) electrons. The molecule has 0 aliphatic carbocycles. The molecule has 0 spiro atoms. The van der Waals surface area contributed by atoms with Crippen molar-refractivity contribution in [2.75, 3.05) is 0 Å². The van der Waals surface area contributed by atoms with Crippen molar-refractivity contribution in [1.82, 2.24) is 10.2 Å². The fourth-order valence-corrected chi connectivity index (χ4v) is 1.90. The lowest BCUT2D eigenvalue weighted by atomic mass is 10.2. The summed E-state index contributed by atoms with van der Waals surface area (Å²) in [6.45, 7) is 0. The van der Waals surface area contributed by atoms with E-state index >= 15 is 0 Å². The van der Waals surface area contributed by atoms with E-state index in [9.17, 15) is 10.1 Å². The quantitative estimate of drug-likeness (QED) is 0.539. The number of rotatable bonds is 4. The molecular weight excluding hydrogens is 282 g/mol. The van der Waals surface area contributed by atoms with E-state index in [4.69, 9.17) is 4.42 Å². The molecule has 0 aliphatic rings. The Morgan fingerprint density at radius 2 is 1.82 bits per heavy atom. The highest BCUT2D eigenvalue weighted by Gasteiger charge is 2.11. The molecule has 0 bridgehead atoms. The summed E-state index contributed by atoms with van der Waals surface area (Å²) < 4.78 is 5.49. The van der Waals surface area contributed by atoms with Crippen molar-refractivity contribution < 1.29 is 9.34 Å². The molecule has 1 aromatic heterocycles. The number of nitrogens with zero attached hydrogens (tertiary/aromatic N) is 3. The Balaban J connectivity index is 1.83. The van der Waals surface area contributed by atoms with Gasteiger partial charge in [0, 0.05) is 23.8 Å². The molecule has 0 saturated heterocycles. The van der Waals surface area contributed by atoms with Crippen molar-refractivity contribution in [3.63, 3.8) is 0 Å². The lowest BCUT2D eigenvalue weighted by molar-refractivity contribution is -0.384. The molecule has 0 aliphatic heterocycles. The van der Waals surface area contributed by atoms with Gasteiger partial charge in [0.1, 0.15) is 0 Å². The van der Waals surface area contributed by atoms with Gasteiger partial charge in [0.25, 0.3) is 5.69 Å². The van der Waals surface area contributed by atoms with Crippen LogP contribution in [0, 0.1) is 10.1 Å². The maximum Gasteiger partial charge on any atom is 0.270 e. The first kappa shape index (κ1) is 13.7. The largest absolute Gasteiger partial charge is 0.417 e. The molecule has 3 rings (SSSR count). The minimum atomic E-state index is -0.462. The second-order valence-electron chi connectivity index (χ2n) is 4.50. The average molecular weight is 293 g/mol. The topological polar surface area (TPSA) is 82.1 Å². The van der Waals surface area contributed by atoms with Gasteiger partial charge in [0.15, 0.2) is 0 Å². The molecule has 3 aromatic rings. The summed E-state index contributed by atoms with van der Waals surface area (Å²) in [7, 11) is 0. The van der Waals surface area contributed by atoms with Crippen molar-refractivity contribution >= 4 is 17.8 Å². The van der Waals surface area contributed by atoms with Gasteiger partial charge in [-0.3, -0.25) is 10.1 Å². The normalized spacial score (nSPS) is 10.9. The Labute approximate surface area is 125 Å². The number of benzene rings is 2. The van der Waals surface area contributed by atoms with Gasteiger partial charge in [-0.05, 0) is 17.7 Å². The predicted molar refractivity (Wildman–Crippen MR) is 81.8 cm³/mol. The Morgan fingerprint density at radius 1 is 1.00 bits per heavy atom. The van der Waals surface area contributed by atoms with E-state index < -0.39 is 4.92 Å². The second kappa shape index (κ2) is 6.01. The molecule has 22 heavy (non-hydrogen) atoms. The third-order valence-corrected chi connectivity index (χ3v) is 2.96. The summed E-state index contributed by atoms with van der Waals surface area (Å²) in [4.78, 5) is 10.3. The van der Waals surface area contributed by atoms with Gasteiger partial charge < -0.3 is 4.42 Å². The number of aromatic nitrogens is 2. The van der Waals surface area contributed by atoms with E-state index in [2.05, 4.69) is 10.2 Å². The van der Waals surface area contributed by atoms with Crippen molar-refractivity contribution in [1.29, 1.82) is 0 Å². The maximum atomic E-state index is 10.8. The van der Waals surface area contributed by atoms with Crippen LogP contribution in [0.5, 0.6) is 0 Å². The molecule has 0 atom stereocenters. The molecule has 1 heterocycles. The van der Waals surface area contributed by atoms with E-state index in [-0.39, 0.29) is 11.6 Å². The number of non-ortho nitro benzene ring substituents is 1. The summed E-state index contributed by atoms with van der Waals surface area (Å²) >= 11 is 0. The van der Waals surface area contributed by atoms with Gasteiger partial charge in [-0.25, -0.2) is 0 Å². The van der Waals surface area contributed by atoms with Crippen LogP contribution < -0.4 is 0 Å². The third kappa shape index (κ3) is 3.06. The standard InChI is InChI=1S/C16H11N3O3/c20-19(21)14-8-4-7-13(11-14)16-18-17-15(22-16)10-9-12-5-2-1-3-6-12/h1-11H/b10-9+. The summed E-state index contributed by atoms with van der Waals surface area (Å²) in [6, 6.07) is 15.8. The van der Waals surface area contributed by atoms with Crippen molar-refractivity contribution in [2.45, 2.75) is 0 Å². The summed E-state index contributed by atoms with van der Waals surface area (Å²) in [5.74, 6) is 0.585. The van der Waals surface area contributed by atoms with Gasteiger partial charge >= 0.3 is 0 Å². The molecule has 0 N–H and O–H groups in total. The maximum absolute atomic E-state index is 10.8. The first-order valence-corrected chi connectivity index (χ1v) is 6.54. The number of nitro groups is 1. The van der Waals surface area contributed by atoms with E-state index in [1.165, 1.54) is 12.1 Å². The molecule has 0 fully saturated rings. The van der Waals surface area contributed by atoms with E-state index in [0.717, 1.165) is 5.56 Å². The van der Waals surface area contributed by atoms with Crippen LogP contribution in [0.2, 0.25) is 0 Å². The zero-order valence-corrected chi connectivity index (χ0v) is 11.4. The monoisotopic (exact) mass is 293 g/mol. The highest BCUT2D eigenvalue weighted by Crippen LogP contribution is 2.23. The van der Waals surface area contributed by atoms with E-state index in [0.29, 0.717) is 11.5 Å². The summed E-state index contributed by atoms with van der Waals surface area (Å²) in [5.41, 5.74) is 1.51. The summed E-state index contributed by atoms with van der Waals surface area (Å²) in [5, 5.41) is 18.6. The number of nitro benzene ring substituents is 1. The van der Waals surface area contributed by atoms with Crippen LogP contribution in [0.1, 0.15) is 11.5 Å². The van der Waals surface area contributed by atoms with Gasteiger partial charge in [-0.1, -0.05) is 36.4 Å². The molecule has 0 saturated carbocycles. The van der Waals surface area contributed by atoms with Crippen LogP contribution >= 0.6 is 0 Å². The number of hydrogen-bond donors (Lipinski definition) is 0. The van der Waals surface area contributed by atoms with E-state index in [1.807, 2.05) is 36.4 Å². The van der Waals surface area contributed by atoms with Gasteiger partial charge in [0.2, 0.25) is 11.8 Å². The molecular formula is C16H11N3O3. The first-order valence-electron chi connectivity index (χ1n) is 6.54. The lowest BCUT2D eigenvalue weighted by Gasteiger charge is -1.94. The highest BCUT2D eigenvalue weighted by molar-refractivity contribution is 5.66. The third-order valence-electron chi connectivity index (χ3n) is 2.96. The van der Waals surface area contributed by atoms with Crippen LogP contribution in [0.4, 0.5) is 5.69 Å². The molecule has 0 amide bonds. The van der Waals surface area contributed by atoms with Crippen LogP contribution in [-0.2, 0) is 0 Å². The molecule has 0 unspecified atom stereocenters. The fraction of sp³-hybridized carbons (Fsp3) is 0. The van der Waals surface area contributed by atoms with Crippen LogP contribution in [0.25, 0.3) is 23.6 Å². The Morgan fingerprint density at radius 3 is 2.59 bits per heavy atom. The SMILES string of the molecule is O=[N+]([O-])c1cccc(-c2nnc(/C=C/c3ccccc3)o2)c1. The smallest absolute Gasteiger partial charge is 0.270 e. The van der Waals surface area contributed by atoms with Gasteiger partial charge in [-0.2, -0.15) is 0 Å². The van der Waals surface area contributed by atoms with Gasteiger partial charge in [0.05, 0.1) is 4.92 Å². The Bertz CT molecular complexity index is 825. The fourth-order valence-electron chi connectivity index (χ4n) is 1.90. The highest BCUT2D eigenvalue weighted by atomic mass is 16.6. The zero-order chi connectivity index (χ0) is 15.4. The minimum Gasteiger partial charge on any atom is -0.417 e. The Hall–Kier alpha value is -3.28. The van der Waals surface area contributed by atoms with Crippen LogP contribution in [0.3, 0.4) is 0 Å². The summed E-state index contributed by atoms with van der Waals surface area (Å²) in [6.07, 6.45) is 3.55. The van der Waals surface area contributed by atoms with Crippen LogP contribution in [0.15, 0.2) is 59.0 Å². The molecule has 6 nitrogen and oxygen atoms in total. The van der Waals surface area contributed by atoms with Crippen molar-refractivity contribution in [2.24, 2.45) is 0 Å². The second-order valence-corrected chi connectivity index (χ2v) is 4.50. The average Bonchev–Trinajstić information content (AvgIpc) is 3.03. The lowest BCUT2D eigenvalue weighted by Crippen LogP contribution is -1.88. The minimum absolute atomic E-state index is 0.0166. The van der Waals surface area contributed by atoms with E-state index in [1.54, 1.807) is 18.2 Å². The first-order chi connectivity index (χ1) is 10.7. The molecule has 6 heteroatoms. The van der Waals surface area contributed by atoms with Crippen molar-refractivity contribution in [3.8, 4) is 11.5 Å². The molecule has 2 aromatic carbocycles. The van der Waals surface area contributed by atoms with Gasteiger partial charge in [-0.15, -0.1) is 10.2 Å². The molecule has 108 valence electrons. The predicted octanol–water partition coefficient (Wildman–Crippen LogP) is 3.82. The zero-order valence-electron chi connectivity index (χ0n) is 11.4. The Kier molecular flexibility index (Phi) is 3.74.